The predicted octanol–water partition coefficient (Wildman–Crippen LogP) is 2.71. The summed E-state index contributed by atoms with van der Waals surface area (Å²) in [4.78, 5) is 53.7. The number of thioether (sulfide) groups is 3. The van der Waals surface area contributed by atoms with Crippen molar-refractivity contribution < 1.29 is 24.7 Å². The molecule has 5 rings (SSSR count). The van der Waals surface area contributed by atoms with Crippen molar-refractivity contribution in [3.63, 3.8) is 0 Å². The average molecular weight is 651 g/mol. The number of nitrogens with zero attached hydrogens (tertiary/aromatic N) is 5. The molecular formula is C23H19ClN8O5S4. The molecule has 5 heterocycles. The molecule has 7 N–H and O–H groups in total. The Morgan fingerprint density at radius 2 is 2.07 bits per heavy atom. The number of carboxylic acids is 1. The molecule has 2 amide bonds. The number of carbonyl (C=O) groups excluding carboxylic acids is 2. The number of oxime groups is 1. The Hall–Kier alpha value is -3.51. The van der Waals surface area contributed by atoms with Gasteiger partial charge >= 0.3 is 5.97 Å². The number of thiazole rings is 1. The number of halogens is 1. The van der Waals surface area contributed by atoms with Crippen molar-refractivity contribution in [2.45, 2.75) is 27.0 Å². The van der Waals surface area contributed by atoms with Gasteiger partial charge < -0.3 is 27.1 Å². The molecule has 0 saturated carbocycles. The van der Waals surface area contributed by atoms with E-state index in [-0.39, 0.29) is 26.6 Å². The summed E-state index contributed by atoms with van der Waals surface area (Å²) in [7, 11) is 0. The maximum Gasteiger partial charge on any atom is 0.353 e. The predicted molar refractivity (Wildman–Crippen MR) is 158 cm³/mol. The van der Waals surface area contributed by atoms with E-state index in [0.29, 0.717) is 16.5 Å². The second kappa shape index (κ2) is 12.2. The summed E-state index contributed by atoms with van der Waals surface area (Å²) < 4.78 is 0.0367. The number of anilines is 2. The number of hydrogen-bond acceptors (Lipinski definition) is 14. The van der Waals surface area contributed by atoms with Gasteiger partial charge in [-0.1, -0.05) is 39.9 Å². The number of nitrogens with one attached hydrogen (secondary N) is 1. The number of aromatic nitrogens is 3. The molecule has 13 nitrogen and oxygen atoms in total. The first-order valence-corrected chi connectivity index (χ1v) is 15.5. The van der Waals surface area contributed by atoms with Crippen LogP contribution in [0.3, 0.4) is 0 Å². The number of carbonyl (C=O) groups is 3. The summed E-state index contributed by atoms with van der Waals surface area (Å²) in [6, 6.07) is 4.37. The fourth-order valence-corrected chi connectivity index (χ4v) is 8.48. The Bertz CT molecular complexity index is 1620. The third-order valence-electron chi connectivity index (χ3n) is 5.84. The van der Waals surface area contributed by atoms with Gasteiger partial charge in [-0.25, -0.2) is 14.8 Å². The zero-order valence-corrected chi connectivity index (χ0v) is 24.6. The van der Waals surface area contributed by atoms with Crippen LogP contribution in [0.15, 0.2) is 62.3 Å². The molecule has 212 valence electrons. The topological polar surface area (TPSA) is 210 Å². The second-order valence-corrected chi connectivity index (χ2v) is 13.2. The van der Waals surface area contributed by atoms with Gasteiger partial charge in [0.2, 0.25) is 0 Å². The van der Waals surface area contributed by atoms with Crippen LogP contribution in [0.25, 0.3) is 0 Å². The summed E-state index contributed by atoms with van der Waals surface area (Å²) in [5, 5.41) is 24.3. The number of nitrogens with two attached hydrogens (primary N) is 2. The molecule has 2 aliphatic heterocycles. The molecule has 0 spiro atoms. The number of aliphatic carboxylic acids is 1. The van der Waals surface area contributed by atoms with Gasteiger partial charge in [0.05, 0.1) is 0 Å². The lowest BCUT2D eigenvalue weighted by molar-refractivity contribution is -0.150. The average Bonchev–Trinajstić information content (AvgIpc) is 3.28. The lowest BCUT2D eigenvalue weighted by atomic mass is 10.0. The van der Waals surface area contributed by atoms with Gasteiger partial charge in [-0.3, -0.25) is 19.5 Å². The van der Waals surface area contributed by atoms with Crippen molar-refractivity contribution in [3.05, 3.63) is 63.0 Å². The number of rotatable bonds is 9. The number of fused-ring (bicyclic) bond motifs is 1. The maximum absolute atomic E-state index is 13.1. The number of nitrogen functional groups attached to an aromatic ring is 2. The Kier molecular flexibility index (Phi) is 8.60. The number of hydrogen-bond donors (Lipinski definition) is 5. The molecule has 2 atom stereocenters. The van der Waals surface area contributed by atoms with Gasteiger partial charge in [-0.15, -0.1) is 23.5 Å². The summed E-state index contributed by atoms with van der Waals surface area (Å²) >= 11 is 10.9. The summed E-state index contributed by atoms with van der Waals surface area (Å²) in [6.45, 7) is 0. The van der Waals surface area contributed by atoms with Crippen LogP contribution in [0.1, 0.15) is 11.3 Å². The fourth-order valence-electron chi connectivity index (χ4n) is 3.98. The summed E-state index contributed by atoms with van der Waals surface area (Å²) in [5.41, 5.74) is 11.6. The number of pyridine rings is 2. The van der Waals surface area contributed by atoms with Crippen molar-refractivity contribution in [3.8, 4) is 0 Å². The monoisotopic (exact) mass is 650 g/mol. The number of β-lactam (4-membered cyclic amide) rings is 1. The highest BCUT2D eigenvalue weighted by atomic mass is 35.5. The first-order chi connectivity index (χ1) is 19.7. The first kappa shape index (κ1) is 29.0. The number of amides is 2. The Morgan fingerprint density at radius 3 is 2.76 bits per heavy atom. The first-order valence-electron chi connectivity index (χ1n) is 11.5. The van der Waals surface area contributed by atoms with Crippen LogP contribution in [-0.2, 0) is 20.1 Å². The van der Waals surface area contributed by atoms with E-state index in [0.717, 1.165) is 31.6 Å². The molecule has 18 heteroatoms. The lowest BCUT2D eigenvalue weighted by Crippen LogP contribution is -2.71. The molecule has 0 radical (unpaired) electrons. The zero-order valence-electron chi connectivity index (χ0n) is 20.6. The van der Waals surface area contributed by atoms with Gasteiger partial charge in [0, 0.05) is 44.8 Å². The van der Waals surface area contributed by atoms with Crippen LogP contribution < -0.4 is 16.8 Å². The van der Waals surface area contributed by atoms with Crippen LogP contribution in [0.2, 0.25) is 4.34 Å². The minimum absolute atomic E-state index is 0.0367. The molecule has 3 aromatic heterocycles. The van der Waals surface area contributed by atoms with Crippen LogP contribution in [0.4, 0.5) is 10.9 Å². The van der Waals surface area contributed by atoms with Gasteiger partial charge in [-0.2, -0.15) is 0 Å². The normalized spacial score (nSPS) is 18.6. The molecule has 0 aliphatic carbocycles. The molecule has 0 bridgehead atoms. The van der Waals surface area contributed by atoms with Gasteiger partial charge in [0.15, 0.2) is 10.8 Å². The summed E-state index contributed by atoms with van der Waals surface area (Å²) in [5.74, 6) is -1.61. The third-order valence-corrected chi connectivity index (χ3v) is 10.7. The van der Waals surface area contributed by atoms with Crippen LogP contribution >= 0.6 is 58.2 Å². The van der Waals surface area contributed by atoms with Crippen LogP contribution in [-0.4, -0.2) is 70.8 Å². The SMILES string of the molecule is Nc1nc(/C(=N\O)C(=O)N[C@@H]2C(=O)N3C(C(=O)O)=C(Sc4ccncc4CSc4cccnc4N)CS[C@H]23)c(Cl)s1. The second-order valence-electron chi connectivity index (χ2n) is 8.32. The van der Waals surface area contributed by atoms with E-state index in [9.17, 15) is 24.7 Å². The highest BCUT2D eigenvalue weighted by molar-refractivity contribution is 8.06. The van der Waals surface area contributed by atoms with Crippen molar-refractivity contribution in [2.24, 2.45) is 5.16 Å². The van der Waals surface area contributed by atoms with Crippen LogP contribution in [0.5, 0.6) is 0 Å². The van der Waals surface area contributed by atoms with E-state index in [1.54, 1.807) is 30.7 Å². The Balaban J connectivity index is 1.33. The summed E-state index contributed by atoms with van der Waals surface area (Å²) in [6.07, 6.45) is 4.92. The minimum atomic E-state index is -1.27. The van der Waals surface area contributed by atoms with Crippen LogP contribution in [0, 0.1) is 0 Å². The van der Waals surface area contributed by atoms with Crippen molar-refractivity contribution in [1.29, 1.82) is 0 Å². The van der Waals surface area contributed by atoms with E-state index in [1.807, 2.05) is 6.07 Å². The fraction of sp³-hybridized carbons (Fsp3) is 0.174. The molecule has 3 aromatic rings. The smallest absolute Gasteiger partial charge is 0.353 e. The van der Waals surface area contributed by atoms with Crippen molar-refractivity contribution in [2.75, 3.05) is 17.2 Å². The van der Waals surface area contributed by atoms with E-state index < -0.39 is 34.9 Å². The molecule has 0 aromatic carbocycles. The largest absolute Gasteiger partial charge is 0.477 e. The third kappa shape index (κ3) is 5.80. The van der Waals surface area contributed by atoms with E-state index in [1.165, 1.54) is 35.3 Å². The molecule has 1 saturated heterocycles. The van der Waals surface area contributed by atoms with Crippen molar-refractivity contribution >= 4 is 92.7 Å². The molecule has 41 heavy (non-hydrogen) atoms. The Morgan fingerprint density at radius 1 is 1.27 bits per heavy atom. The zero-order chi connectivity index (χ0) is 29.3. The highest BCUT2D eigenvalue weighted by Gasteiger charge is 2.54. The van der Waals surface area contributed by atoms with Gasteiger partial charge in [0.25, 0.3) is 11.8 Å². The standard InChI is InChI=1S/C23H19ClN8O5S4/c24-17-13(30-23(26)41-17)14(31-37)19(33)29-15-20(34)32-16(22(35)36)12(8-39-21(15)32)40-10-3-5-27-6-9(10)7-38-11-2-1-4-28-18(11)25/h1-6,15,21,37H,7-8H2,(H2,25,28)(H2,26,30)(H,29,33)(H,35,36)/b31-14+/t15-,21-/m1/s1. The molecule has 1 fully saturated rings. The minimum Gasteiger partial charge on any atom is -0.477 e. The Labute approximate surface area is 253 Å². The lowest BCUT2D eigenvalue weighted by Gasteiger charge is -2.49. The maximum atomic E-state index is 13.1. The quantitative estimate of drug-likeness (QED) is 0.0742. The van der Waals surface area contributed by atoms with Gasteiger partial charge in [-0.05, 0) is 23.8 Å². The molecular weight excluding hydrogens is 632 g/mol. The van der Waals surface area contributed by atoms with E-state index >= 15 is 0 Å². The van der Waals surface area contributed by atoms with Gasteiger partial charge in [0.1, 0.15) is 33.0 Å². The van der Waals surface area contributed by atoms with Crippen molar-refractivity contribution in [1.82, 2.24) is 25.2 Å². The number of carboxylic acid groups (broad SMARTS) is 1. The van der Waals surface area contributed by atoms with E-state index in [4.69, 9.17) is 23.1 Å². The highest BCUT2D eigenvalue weighted by Crippen LogP contribution is 2.46. The molecule has 2 aliphatic rings. The van der Waals surface area contributed by atoms with E-state index in [2.05, 4.69) is 25.4 Å². The molecule has 0 unspecified atom stereocenters.